The van der Waals surface area contributed by atoms with E-state index in [1.807, 2.05) is 38.1 Å². The number of hydrogen-bond donors (Lipinski definition) is 1. The molecule has 1 aromatic carbocycles. The zero-order valence-electron chi connectivity index (χ0n) is 18.8. The molecule has 4 rings (SSSR count). The predicted molar refractivity (Wildman–Crippen MR) is 138 cm³/mol. The monoisotopic (exact) mass is 545 g/mol. The second-order valence-electron chi connectivity index (χ2n) is 8.19. The average Bonchev–Trinajstić information content (AvgIpc) is 3.34. The number of thiophene rings is 1. The molecule has 0 bridgehead atoms. The van der Waals surface area contributed by atoms with Gasteiger partial charge in [0, 0.05) is 21.3 Å². The van der Waals surface area contributed by atoms with Crippen LogP contribution in [0.4, 0.5) is 5.13 Å². The smallest absolute Gasteiger partial charge is 0.263 e. The van der Waals surface area contributed by atoms with Gasteiger partial charge in [-0.05, 0) is 37.0 Å². The molecule has 0 aliphatic carbocycles. The molecule has 3 heterocycles. The SMILES string of the molecule is CCC(C(=O)Nc1nnc(CC(C)C)s1)n1cnc2sc(C)c(-c3ccc(Br)cc3)c2c1=O. The van der Waals surface area contributed by atoms with Crippen LogP contribution in [0.25, 0.3) is 21.3 Å². The van der Waals surface area contributed by atoms with Crippen molar-refractivity contribution < 1.29 is 4.79 Å². The normalized spacial score (nSPS) is 12.4. The van der Waals surface area contributed by atoms with Crippen LogP contribution in [0.2, 0.25) is 0 Å². The number of anilines is 1. The van der Waals surface area contributed by atoms with Crippen molar-refractivity contribution in [3.8, 4) is 11.1 Å². The first-order chi connectivity index (χ1) is 15.8. The number of carbonyl (C=O) groups is 1. The molecule has 0 aliphatic rings. The lowest BCUT2D eigenvalue weighted by Crippen LogP contribution is -2.33. The summed E-state index contributed by atoms with van der Waals surface area (Å²) in [6.07, 6.45) is 2.72. The van der Waals surface area contributed by atoms with Crippen molar-refractivity contribution in [1.29, 1.82) is 0 Å². The average molecular weight is 547 g/mol. The van der Waals surface area contributed by atoms with E-state index in [0.29, 0.717) is 27.7 Å². The van der Waals surface area contributed by atoms with Crippen LogP contribution in [0, 0.1) is 12.8 Å². The zero-order chi connectivity index (χ0) is 23.7. The fourth-order valence-electron chi connectivity index (χ4n) is 3.73. The van der Waals surface area contributed by atoms with Crippen LogP contribution in [0.5, 0.6) is 0 Å². The first-order valence-corrected chi connectivity index (χ1v) is 13.1. The Balaban J connectivity index is 1.70. The Morgan fingerprint density at radius 3 is 2.58 bits per heavy atom. The van der Waals surface area contributed by atoms with Gasteiger partial charge >= 0.3 is 0 Å². The molecule has 0 radical (unpaired) electrons. The molecule has 1 unspecified atom stereocenters. The second kappa shape index (κ2) is 9.82. The number of benzene rings is 1. The Hall–Kier alpha value is -2.43. The third-order valence-electron chi connectivity index (χ3n) is 5.25. The fraction of sp³-hybridized carbons (Fsp3) is 0.348. The van der Waals surface area contributed by atoms with Crippen LogP contribution < -0.4 is 10.9 Å². The van der Waals surface area contributed by atoms with Crippen molar-refractivity contribution in [3.63, 3.8) is 0 Å². The van der Waals surface area contributed by atoms with Crippen molar-refractivity contribution >= 4 is 59.9 Å². The number of aryl methyl sites for hydroxylation is 1. The number of halogens is 1. The van der Waals surface area contributed by atoms with Gasteiger partial charge in [0.2, 0.25) is 11.0 Å². The molecule has 3 aromatic heterocycles. The minimum atomic E-state index is -0.704. The molecule has 0 saturated heterocycles. The van der Waals surface area contributed by atoms with E-state index in [1.54, 1.807) is 0 Å². The topological polar surface area (TPSA) is 89.8 Å². The van der Waals surface area contributed by atoms with Gasteiger partial charge in [-0.15, -0.1) is 21.5 Å². The highest BCUT2D eigenvalue weighted by molar-refractivity contribution is 9.10. The highest BCUT2D eigenvalue weighted by Crippen LogP contribution is 2.36. The molecule has 1 amide bonds. The summed E-state index contributed by atoms with van der Waals surface area (Å²) in [5, 5.41) is 12.9. The third kappa shape index (κ3) is 4.92. The molecule has 33 heavy (non-hydrogen) atoms. The van der Waals surface area contributed by atoms with E-state index in [4.69, 9.17) is 0 Å². The van der Waals surface area contributed by atoms with Gasteiger partial charge in [-0.2, -0.15) is 0 Å². The van der Waals surface area contributed by atoms with Crippen LogP contribution in [0.15, 0.2) is 39.9 Å². The van der Waals surface area contributed by atoms with E-state index in [1.165, 1.54) is 33.6 Å². The predicted octanol–water partition coefficient (Wildman–Crippen LogP) is 5.84. The number of fused-ring (bicyclic) bond motifs is 1. The maximum atomic E-state index is 13.6. The Morgan fingerprint density at radius 2 is 1.91 bits per heavy atom. The van der Waals surface area contributed by atoms with Gasteiger partial charge in [-0.25, -0.2) is 4.98 Å². The van der Waals surface area contributed by atoms with Crippen molar-refractivity contribution in [3.05, 3.63) is 55.3 Å². The molecule has 0 fully saturated rings. The number of carbonyl (C=O) groups excluding carboxylic acids is 1. The van der Waals surface area contributed by atoms with Crippen LogP contribution >= 0.6 is 38.6 Å². The molecule has 1 atom stereocenters. The summed E-state index contributed by atoms with van der Waals surface area (Å²) in [5.41, 5.74) is 1.59. The molecule has 0 saturated carbocycles. The molecule has 10 heteroatoms. The minimum Gasteiger partial charge on any atom is -0.299 e. The van der Waals surface area contributed by atoms with Gasteiger partial charge in [0.25, 0.3) is 5.56 Å². The quantitative estimate of drug-likeness (QED) is 0.315. The largest absolute Gasteiger partial charge is 0.299 e. The zero-order valence-corrected chi connectivity index (χ0v) is 22.0. The second-order valence-corrected chi connectivity index (χ2v) is 11.4. The van der Waals surface area contributed by atoms with Gasteiger partial charge in [0.15, 0.2) is 0 Å². The highest BCUT2D eigenvalue weighted by atomic mass is 79.9. The van der Waals surface area contributed by atoms with E-state index >= 15 is 0 Å². The number of amides is 1. The van der Waals surface area contributed by atoms with E-state index in [9.17, 15) is 9.59 Å². The summed E-state index contributed by atoms with van der Waals surface area (Å²) < 4.78 is 2.40. The molecular weight excluding hydrogens is 522 g/mol. The summed E-state index contributed by atoms with van der Waals surface area (Å²) in [6, 6.07) is 7.15. The Labute approximate surface area is 208 Å². The summed E-state index contributed by atoms with van der Waals surface area (Å²) in [4.78, 5) is 32.9. The van der Waals surface area contributed by atoms with Crippen molar-refractivity contribution in [2.45, 2.75) is 46.6 Å². The van der Waals surface area contributed by atoms with E-state index in [2.05, 4.69) is 50.3 Å². The van der Waals surface area contributed by atoms with Gasteiger partial charge in [-0.3, -0.25) is 19.5 Å². The van der Waals surface area contributed by atoms with Gasteiger partial charge in [-0.1, -0.05) is 60.2 Å². The lowest BCUT2D eigenvalue weighted by Gasteiger charge is -2.16. The van der Waals surface area contributed by atoms with E-state index < -0.39 is 6.04 Å². The number of rotatable bonds is 7. The maximum Gasteiger partial charge on any atom is 0.263 e. The number of nitrogens with one attached hydrogen (secondary N) is 1. The molecule has 0 spiro atoms. The highest BCUT2D eigenvalue weighted by Gasteiger charge is 2.24. The minimum absolute atomic E-state index is 0.220. The first kappa shape index (κ1) is 23.7. The first-order valence-electron chi connectivity index (χ1n) is 10.7. The molecule has 1 N–H and O–H groups in total. The Bertz CT molecular complexity index is 1360. The van der Waals surface area contributed by atoms with Crippen molar-refractivity contribution in [1.82, 2.24) is 19.7 Å². The maximum absolute atomic E-state index is 13.6. The lowest BCUT2D eigenvalue weighted by molar-refractivity contribution is -0.119. The standard InChI is InChI=1S/C23H24BrN5O2S2/c1-5-16(20(30)26-23-28-27-17(33-23)10-12(2)3)29-11-25-21-19(22(29)31)18(13(4)32-21)14-6-8-15(24)9-7-14/h6-9,11-12,16H,5,10H2,1-4H3,(H,26,28,30). The van der Waals surface area contributed by atoms with Gasteiger partial charge < -0.3 is 0 Å². The lowest BCUT2D eigenvalue weighted by atomic mass is 10.0. The summed E-state index contributed by atoms with van der Waals surface area (Å²) in [7, 11) is 0. The third-order valence-corrected chi connectivity index (χ3v) is 7.65. The van der Waals surface area contributed by atoms with Gasteiger partial charge in [0.1, 0.15) is 15.9 Å². The van der Waals surface area contributed by atoms with Crippen LogP contribution in [0.1, 0.15) is 43.1 Å². The molecule has 7 nitrogen and oxygen atoms in total. The van der Waals surface area contributed by atoms with Crippen LogP contribution in [-0.4, -0.2) is 25.7 Å². The van der Waals surface area contributed by atoms with Crippen LogP contribution in [-0.2, 0) is 11.2 Å². The fourth-order valence-corrected chi connectivity index (χ4v) is 5.96. The number of nitrogens with zero attached hydrogens (tertiary/aromatic N) is 4. The summed E-state index contributed by atoms with van der Waals surface area (Å²) in [5.74, 6) is 0.153. The van der Waals surface area contributed by atoms with Crippen molar-refractivity contribution in [2.24, 2.45) is 5.92 Å². The van der Waals surface area contributed by atoms with Crippen LogP contribution in [0.3, 0.4) is 0 Å². The molecule has 172 valence electrons. The Morgan fingerprint density at radius 1 is 1.18 bits per heavy atom. The number of hydrogen-bond acceptors (Lipinski definition) is 7. The van der Waals surface area contributed by atoms with E-state index in [-0.39, 0.29) is 11.5 Å². The molecular formula is C23H24BrN5O2S2. The Kier molecular flexibility index (Phi) is 7.06. The van der Waals surface area contributed by atoms with Gasteiger partial charge in [0.05, 0.1) is 11.7 Å². The number of aromatic nitrogens is 4. The summed E-state index contributed by atoms with van der Waals surface area (Å²) >= 11 is 6.31. The molecule has 4 aromatic rings. The summed E-state index contributed by atoms with van der Waals surface area (Å²) in [6.45, 7) is 8.08. The molecule has 0 aliphatic heterocycles. The van der Waals surface area contributed by atoms with Crippen molar-refractivity contribution in [2.75, 3.05) is 5.32 Å². The van der Waals surface area contributed by atoms with E-state index in [0.717, 1.165) is 31.9 Å².